The highest BCUT2D eigenvalue weighted by atomic mass is 32.1. The number of para-hydroxylation sites is 1. The third-order valence-corrected chi connectivity index (χ3v) is 4.86. The molecule has 1 amide bonds. The van der Waals surface area contributed by atoms with Gasteiger partial charge in [-0.15, -0.1) is 6.42 Å². The molecule has 5 nitrogen and oxygen atoms in total. The minimum atomic E-state index is -0.449. The lowest BCUT2D eigenvalue weighted by Crippen LogP contribution is -2.17. The van der Waals surface area contributed by atoms with Crippen LogP contribution in [0.4, 0.5) is 4.39 Å². The maximum absolute atomic E-state index is 14.2. The van der Waals surface area contributed by atoms with Crippen LogP contribution in [0.2, 0.25) is 0 Å². The lowest BCUT2D eigenvalue weighted by atomic mass is 10.2. The molecule has 26 heavy (non-hydrogen) atoms. The van der Waals surface area contributed by atoms with Gasteiger partial charge in [0.15, 0.2) is 4.80 Å². The largest absolute Gasteiger partial charge is 0.302 e. The van der Waals surface area contributed by atoms with E-state index < -0.39 is 11.7 Å². The molecular weight excluding hydrogens is 351 g/mol. The maximum Gasteiger partial charge on any atom is 0.279 e. The fourth-order valence-electron chi connectivity index (χ4n) is 2.66. The van der Waals surface area contributed by atoms with Crippen molar-refractivity contribution in [2.75, 3.05) is 0 Å². The molecule has 2 aromatic carbocycles. The van der Waals surface area contributed by atoms with Gasteiger partial charge in [0.25, 0.3) is 5.91 Å². The van der Waals surface area contributed by atoms with Crippen molar-refractivity contribution in [1.29, 1.82) is 0 Å². The van der Waals surface area contributed by atoms with E-state index in [0.717, 1.165) is 0 Å². The predicted molar refractivity (Wildman–Crippen MR) is 98.0 cm³/mol. The minimum Gasteiger partial charge on any atom is -0.302 e. The Labute approximate surface area is 151 Å². The zero-order valence-corrected chi connectivity index (χ0v) is 14.2. The summed E-state index contributed by atoms with van der Waals surface area (Å²) >= 11 is 1.22. The van der Waals surface area contributed by atoms with Crippen molar-refractivity contribution in [2.45, 2.75) is 6.54 Å². The van der Waals surface area contributed by atoms with E-state index in [1.807, 2.05) is 0 Å². The zero-order chi connectivity index (χ0) is 18.1. The van der Waals surface area contributed by atoms with Crippen molar-refractivity contribution < 1.29 is 9.18 Å². The third kappa shape index (κ3) is 2.76. The Morgan fingerprint density at radius 2 is 2.04 bits per heavy atom. The number of aromatic nitrogens is 3. The van der Waals surface area contributed by atoms with Gasteiger partial charge in [-0.25, -0.2) is 4.39 Å². The molecule has 0 unspecified atom stereocenters. The van der Waals surface area contributed by atoms with Crippen molar-refractivity contribution in [3.8, 4) is 12.3 Å². The summed E-state index contributed by atoms with van der Waals surface area (Å²) in [4.78, 5) is 25.5. The summed E-state index contributed by atoms with van der Waals surface area (Å²) in [5, 5.41) is 0. The van der Waals surface area contributed by atoms with Crippen LogP contribution < -0.4 is 4.80 Å². The van der Waals surface area contributed by atoms with E-state index >= 15 is 0 Å². The van der Waals surface area contributed by atoms with Gasteiger partial charge >= 0.3 is 0 Å². The highest BCUT2D eigenvalue weighted by Gasteiger charge is 2.12. The Morgan fingerprint density at radius 1 is 1.23 bits per heavy atom. The average Bonchev–Trinajstić information content (AvgIpc) is 3.00. The Bertz CT molecular complexity index is 1270. The van der Waals surface area contributed by atoms with Crippen molar-refractivity contribution >= 4 is 38.5 Å². The van der Waals surface area contributed by atoms with Crippen molar-refractivity contribution in [3.63, 3.8) is 0 Å². The molecule has 0 atom stereocenters. The van der Waals surface area contributed by atoms with Crippen LogP contribution >= 0.6 is 11.3 Å². The summed E-state index contributed by atoms with van der Waals surface area (Å²) in [6, 6.07) is 9.73. The summed E-state index contributed by atoms with van der Waals surface area (Å²) in [7, 11) is 0. The summed E-state index contributed by atoms with van der Waals surface area (Å²) in [6.45, 7) is 0.121. The molecule has 0 aliphatic carbocycles. The molecule has 0 aliphatic heterocycles. The predicted octanol–water partition coefficient (Wildman–Crippen LogP) is 3.16. The van der Waals surface area contributed by atoms with Gasteiger partial charge in [0.1, 0.15) is 5.82 Å². The third-order valence-electron chi connectivity index (χ3n) is 3.81. The Hall–Kier alpha value is -3.37. The number of rotatable bonds is 2. The van der Waals surface area contributed by atoms with E-state index in [2.05, 4.69) is 20.9 Å². The van der Waals surface area contributed by atoms with Crippen molar-refractivity contribution in [2.24, 2.45) is 4.99 Å². The molecule has 0 N–H and O–H groups in total. The number of amides is 1. The highest BCUT2D eigenvalue weighted by molar-refractivity contribution is 7.16. The van der Waals surface area contributed by atoms with E-state index in [1.54, 1.807) is 42.7 Å². The highest BCUT2D eigenvalue weighted by Crippen LogP contribution is 2.20. The maximum atomic E-state index is 14.2. The fraction of sp³-hybridized carbons (Fsp3) is 0.0526. The summed E-state index contributed by atoms with van der Waals surface area (Å²) in [6.07, 6.45) is 8.55. The zero-order valence-electron chi connectivity index (χ0n) is 13.4. The second kappa shape index (κ2) is 6.50. The monoisotopic (exact) mass is 362 g/mol. The van der Waals surface area contributed by atoms with Gasteiger partial charge in [-0.05, 0) is 30.3 Å². The van der Waals surface area contributed by atoms with Crippen LogP contribution in [-0.4, -0.2) is 20.4 Å². The number of terminal acetylenes is 1. The first-order valence-corrected chi connectivity index (χ1v) is 8.50. The number of nitrogens with zero attached hydrogens (tertiary/aromatic N) is 4. The molecule has 0 saturated carbocycles. The van der Waals surface area contributed by atoms with Crippen LogP contribution in [0, 0.1) is 18.2 Å². The molecule has 0 radical (unpaired) electrons. The molecular formula is C19H11FN4OS. The Morgan fingerprint density at radius 3 is 2.85 bits per heavy atom. The topological polar surface area (TPSA) is 60.1 Å². The lowest BCUT2D eigenvalue weighted by Gasteiger charge is -2.01. The van der Waals surface area contributed by atoms with Gasteiger partial charge in [-0.2, -0.15) is 4.99 Å². The van der Waals surface area contributed by atoms with E-state index in [4.69, 9.17) is 6.42 Å². The number of benzene rings is 2. The van der Waals surface area contributed by atoms with E-state index in [1.165, 1.54) is 22.0 Å². The first kappa shape index (κ1) is 16.1. The normalized spacial score (nSPS) is 11.8. The summed E-state index contributed by atoms with van der Waals surface area (Å²) < 4.78 is 16.4. The molecule has 0 bridgehead atoms. The average molecular weight is 362 g/mol. The molecule has 0 saturated heterocycles. The number of hydrogen-bond acceptors (Lipinski definition) is 4. The number of thiazole rings is 1. The number of carbonyl (C=O) groups is 1. The molecule has 4 rings (SSSR count). The smallest absolute Gasteiger partial charge is 0.279 e. The van der Waals surface area contributed by atoms with Gasteiger partial charge in [0, 0.05) is 18.0 Å². The lowest BCUT2D eigenvalue weighted by molar-refractivity contribution is 0.0998. The molecule has 126 valence electrons. The second-order valence-corrected chi connectivity index (χ2v) is 6.45. The Balaban J connectivity index is 1.86. The van der Waals surface area contributed by atoms with Gasteiger partial charge in [0.2, 0.25) is 0 Å². The van der Waals surface area contributed by atoms with Gasteiger partial charge < -0.3 is 4.57 Å². The number of fused-ring (bicyclic) bond motifs is 2. The van der Waals surface area contributed by atoms with E-state index in [-0.39, 0.29) is 6.54 Å². The molecule has 2 heterocycles. The molecule has 0 aliphatic rings. The van der Waals surface area contributed by atoms with Gasteiger partial charge in [-0.1, -0.05) is 23.3 Å². The van der Waals surface area contributed by atoms with Crippen LogP contribution in [0.25, 0.3) is 21.3 Å². The SMILES string of the molecule is C#CCn1c(=NC(=O)c2ccc3nccnc3c2)sc2cccc(F)c21. The van der Waals surface area contributed by atoms with Gasteiger partial charge in [-0.3, -0.25) is 14.8 Å². The van der Waals surface area contributed by atoms with Crippen LogP contribution in [-0.2, 0) is 6.54 Å². The molecule has 7 heteroatoms. The number of halogens is 1. The van der Waals surface area contributed by atoms with Crippen LogP contribution in [0.15, 0.2) is 53.8 Å². The molecule has 0 spiro atoms. The molecule has 2 aromatic heterocycles. The van der Waals surface area contributed by atoms with Crippen molar-refractivity contribution in [1.82, 2.24) is 14.5 Å². The van der Waals surface area contributed by atoms with Crippen LogP contribution in [0.3, 0.4) is 0 Å². The standard InChI is InChI=1S/C19H11FN4OS/c1-2-10-24-17-13(20)4-3-5-16(17)26-19(24)23-18(25)12-6-7-14-15(11-12)22-9-8-21-14/h1,3-9,11H,10H2. The second-order valence-electron chi connectivity index (χ2n) is 5.44. The quantitative estimate of drug-likeness (QED) is 0.515. The summed E-state index contributed by atoms with van der Waals surface area (Å²) in [5.74, 6) is 1.63. The molecule has 0 fully saturated rings. The number of hydrogen-bond donors (Lipinski definition) is 0. The number of carbonyl (C=O) groups excluding carboxylic acids is 1. The fourth-order valence-corrected chi connectivity index (χ4v) is 3.70. The first-order valence-electron chi connectivity index (χ1n) is 7.68. The van der Waals surface area contributed by atoms with E-state index in [9.17, 15) is 9.18 Å². The van der Waals surface area contributed by atoms with Gasteiger partial charge in [0.05, 0.1) is 27.8 Å². The Kier molecular flexibility index (Phi) is 4.03. The van der Waals surface area contributed by atoms with E-state index in [0.29, 0.717) is 31.6 Å². The summed E-state index contributed by atoms with van der Waals surface area (Å²) in [5.41, 5.74) is 2.03. The molecule has 4 aromatic rings. The van der Waals surface area contributed by atoms with Crippen LogP contribution in [0.1, 0.15) is 10.4 Å². The minimum absolute atomic E-state index is 0.121. The van der Waals surface area contributed by atoms with Crippen LogP contribution in [0.5, 0.6) is 0 Å². The van der Waals surface area contributed by atoms with Crippen molar-refractivity contribution in [3.05, 3.63) is 65.0 Å². The first-order chi connectivity index (χ1) is 12.7.